The first-order valence-electron chi connectivity index (χ1n) is 8.77. The Morgan fingerprint density at radius 3 is 2.57 bits per heavy atom. The second-order valence-corrected chi connectivity index (χ2v) is 6.38. The fourth-order valence-electron chi connectivity index (χ4n) is 3.07. The van der Waals surface area contributed by atoms with Crippen molar-refractivity contribution in [1.29, 1.82) is 0 Å². The lowest BCUT2D eigenvalue weighted by molar-refractivity contribution is -0.133. The van der Waals surface area contributed by atoms with E-state index in [1.54, 1.807) is 60.7 Å². The Bertz CT molecular complexity index is 1160. The van der Waals surface area contributed by atoms with Gasteiger partial charge in [0.2, 0.25) is 5.91 Å². The van der Waals surface area contributed by atoms with Crippen molar-refractivity contribution < 1.29 is 18.7 Å². The molecule has 0 aliphatic heterocycles. The Morgan fingerprint density at radius 2 is 1.79 bits per heavy atom. The van der Waals surface area contributed by atoms with Crippen LogP contribution in [0.15, 0.2) is 80.6 Å². The van der Waals surface area contributed by atoms with Crippen LogP contribution in [0.2, 0.25) is 0 Å². The molecule has 7 nitrogen and oxygen atoms in total. The highest BCUT2D eigenvalue weighted by Gasteiger charge is 2.20. The molecule has 2 aromatic heterocycles. The maximum atomic E-state index is 13.0. The van der Waals surface area contributed by atoms with Gasteiger partial charge >= 0.3 is 5.76 Å². The average molecular weight is 378 g/mol. The number of phenols is 1. The van der Waals surface area contributed by atoms with Crippen LogP contribution in [0.4, 0.5) is 0 Å². The number of nitrogens with zero attached hydrogens (tertiary/aromatic N) is 2. The zero-order valence-corrected chi connectivity index (χ0v) is 14.9. The van der Waals surface area contributed by atoms with Gasteiger partial charge in [0.05, 0.1) is 18.3 Å². The summed E-state index contributed by atoms with van der Waals surface area (Å²) in [6.45, 7) is 0.214. The van der Waals surface area contributed by atoms with E-state index in [4.69, 9.17) is 8.83 Å². The molecule has 4 aromatic rings. The van der Waals surface area contributed by atoms with Crippen molar-refractivity contribution in [3.05, 3.63) is 88.8 Å². The van der Waals surface area contributed by atoms with E-state index in [0.29, 0.717) is 22.4 Å². The van der Waals surface area contributed by atoms with Crippen LogP contribution >= 0.6 is 0 Å². The van der Waals surface area contributed by atoms with Gasteiger partial charge in [-0.15, -0.1) is 0 Å². The monoisotopic (exact) mass is 378 g/mol. The van der Waals surface area contributed by atoms with Gasteiger partial charge in [-0.3, -0.25) is 9.36 Å². The van der Waals surface area contributed by atoms with Crippen LogP contribution in [0.5, 0.6) is 5.75 Å². The van der Waals surface area contributed by atoms with Gasteiger partial charge in [-0.05, 0) is 30.3 Å². The zero-order chi connectivity index (χ0) is 19.5. The van der Waals surface area contributed by atoms with Crippen molar-refractivity contribution in [1.82, 2.24) is 9.47 Å². The SMILES string of the molecule is O=C(Cn1c(=O)oc2ccccc21)N(Cc1ccco1)Cc1ccccc1O. The third-order valence-corrected chi connectivity index (χ3v) is 4.50. The Labute approximate surface area is 160 Å². The summed E-state index contributed by atoms with van der Waals surface area (Å²) < 4.78 is 11.9. The van der Waals surface area contributed by atoms with E-state index in [0.717, 1.165) is 0 Å². The molecule has 0 spiro atoms. The highest BCUT2D eigenvalue weighted by atomic mass is 16.4. The number of hydrogen-bond acceptors (Lipinski definition) is 5. The number of benzene rings is 2. The largest absolute Gasteiger partial charge is 0.508 e. The average Bonchev–Trinajstić information content (AvgIpc) is 3.31. The molecule has 0 saturated heterocycles. The van der Waals surface area contributed by atoms with Gasteiger partial charge in [0.15, 0.2) is 5.58 Å². The molecule has 0 radical (unpaired) electrons. The van der Waals surface area contributed by atoms with Crippen LogP contribution in [0.25, 0.3) is 11.1 Å². The number of oxazole rings is 1. The van der Waals surface area contributed by atoms with E-state index in [2.05, 4.69) is 0 Å². The van der Waals surface area contributed by atoms with Crippen LogP contribution in [0.1, 0.15) is 11.3 Å². The maximum Gasteiger partial charge on any atom is 0.420 e. The van der Waals surface area contributed by atoms with E-state index < -0.39 is 5.76 Å². The molecule has 0 atom stereocenters. The number of fused-ring (bicyclic) bond motifs is 1. The molecule has 0 aliphatic carbocycles. The minimum atomic E-state index is -0.588. The Hall–Kier alpha value is -3.74. The predicted molar refractivity (Wildman–Crippen MR) is 102 cm³/mol. The maximum absolute atomic E-state index is 13.0. The smallest absolute Gasteiger partial charge is 0.420 e. The third kappa shape index (κ3) is 3.55. The molecule has 0 unspecified atom stereocenters. The standard InChI is InChI=1S/C21H18N2O5/c24-18-9-3-1-6-15(18)12-22(13-16-7-5-11-27-16)20(25)14-23-17-8-2-4-10-19(17)28-21(23)26/h1-11,24H,12-14H2. The molecule has 4 rings (SSSR count). The van der Waals surface area contributed by atoms with Crippen molar-refractivity contribution in [2.45, 2.75) is 19.6 Å². The van der Waals surface area contributed by atoms with Crippen molar-refractivity contribution in [3.8, 4) is 5.75 Å². The summed E-state index contributed by atoms with van der Waals surface area (Å²) >= 11 is 0. The van der Waals surface area contributed by atoms with Crippen molar-refractivity contribution in [2.75, 3.05) is 0 Å². The molecule has 0 saturated carbocycles. The van der Waals surface area contributed by atoms with E-state index >= 15 is 0 Å². The Morgan fingerprint density at radius 1 is 1.00 bits per heavy atom. The lowest BCUT2D eigenvalue weighted by Crippen LogP contribution is -2.34. The Kier molecular flexibility index (Phi) is 4.72. The number of hydrogen-bond donors (Lipinski definition) is 1. The summed E-state index contributed by atoms with van der Waals surface area (Å²) in [6, 6.07) is 17.3. The number of phenolic OH excluding ortho intramolecular Hbond substituents is 1. The number of carbonyl (C=O) groups is 1. The van der Waals surface area contributed by atoms with Crippen LogP contribution in [-0.4, -0.2) is 20.5 Å². The lowest BCUT2D eigenvalue weighted by atomic mass is 10.2. The van der Waals surface area contributed by atoms with Gasteiger partial charge < -0.3 is 18.8 Å². The lowest BCUT2D eigenvalue weighted by Gasteiger charge is -2.22. The highest BCUT2D eigenvalue weighted by Crippen LogP contribution is 2.20. The molecule has 0 bridgehead atoms. The fraction of sp³-hybridized carbons (Fsp3) is 0.143. The molecule has 0 aliphatic rings. The van der Waals surface area contributed by atoms with Gasteiger partial charge in [-0.2, -0.15) is 0 Å². The number of aromatic nitrogens is 1. The van der Waals surface area contributed by atoms with Crippen LogP contribution in [0.3, 0.4) is 0 Å². The number of amides is 1. The minimum absolute atomic E-state index is 0.102. The molecule has 0 fully saturated rings. The van der Waals surface area contributed by atoms with Crippen molar-refractivity contribution in [2.24, 2.45) is 0 Å². The molecule has 2 heterocycles. The number of aromatic hydroxyl groups is 1. The summed E-state index contributed by atoms with van der Waals surface area (Å²) in [5.41, 5.74) is 1.59. The van der Waals surface area contributed by atoms with Gasteiger partial charge in [-0.25, -0.2) is 4.79 Å². The molecule has 28 heavy (non-hydrogen) atoms. The molecular formula is C21H18N2O5. The topological polar surface area (TPSA) is 88.8 Å². The fourth-order valence-corrected chi connectivity index (χ4v) is 3.07. The molecule has 142 valence electrons. The first kappa shape index (κ1) is 17.7. The summed E-state index contributed by atoms with van der Waals surface area (Å²) in [4.78, 5) is 26.8. The number of carbonyl (C=O) groups excluding carboxylic acids is 1. The van der Waals surface area contributed by atoms with Crippen molar-refractivity contribution in [3.63, 3.8) is 0 Å². The summed E-state index contributed by atoms with van der Waals surface area (Å²) in [7, 11) is 0. The zero-order valence-electron chi connectivity index (χ0n) is 14.9. The highest BCUT2D eigenvalue weighted by molar-refractivity contribution is 5.79. The van der Waals surface area contributed by atoms with E-state index in [1.807, 2.05) is 0 Å². The summed E-state index contributed by atoms with van der Waals surface area (Å²) in [5, 5.41) is 10.1. The molecule has 7 heteroatoms. The number of rotatable bonds is 6. The quantitative estimate of drug-likeness (QED) is 0.557. The molecule has 2 aromatic carbocycles. The first-order valence-corrected chi connectivity index (χ1v) is 8.77. The normalized spacial score (nSPS) is 11.0. The van der Waals surface area contributed by atoms with Crippen LogP contribution in [0, 0.1) is 0 Å². The van der Waals surface area contributed by atoms with Crippen LogP contribution < -0.4 is 5.76 Å². The molecule has 1 N–H and O–H groups in total. The van der Waals surface area contributed by atoms with Crippen molar-refractivity contribution >= 4 is 17.0 Å². The van der Waals surface area contributed by atoms with E-state index in [9.17, 15) is 14.7 Å². The Balaban J connectivity index is 1.63. The van der Waals surface area contributed by atoms with Gasteiger partial charge in [0, 0.05) is 12.1 Å². The van der Waals surface area contributed by atoms with E-state index in [1.165, 1.54) is 15.7 Å². The van der Waals surface area contributed by atoms with E-state index in [-0.39, 0.29) is 31.3 Å². The molecule has 1 amide bonds. The van der Waals surface area contributed by atoms with Gasteiger partial charge in [0.1, 0.15) is 18.1 Å². The minimum Gasteiger partial charge on any atom is -0.508 e. The number of para-hydroxylation sites is 3. The van der Waals surface area contributed by atoms with Crippen LogP contribution in [-0.2, 0) is 24.4 Å². The third-order valence-electron chi connectivity index (χ3n) is 4.50. The summed E-state index contributed by atoms with van der Waals surface area (Å²) in [6.07, 6.45) is 1.53. The predicted octanol–water partition coefficient (Wildman–Crippen LogP) is 3.12. The van der Waals surface area contributed by atoms with Gasteiger partial charge in [-0.1, -0.05) is 30.3 Å². The number of furan rings is 1. The second kappa shape index (κ2) is 7.48. The first-order chi connectivity index (χ1) is 13.6. The molecular weight excluding hydrogens is 360 g/mol. The second-order valence-electron chi connectivity index (χ2n) is 6.38. The summed E-state index contributed by atoms with van der Waals surface area (Å²) in [5.74, 6) is -0.179. The van der Waals surface area contributed by atoms with Gasteiger partial charge in [0.25, 0.3) is 0 Å².